The van der Waals surface area contributed by atoms with Gasteiger partial charge in [-0.2, -0.15) is 0 Å². The summed E-state index contributed by atoms with van der Waals surface area (Å²) in [5, 5.41) is 0. The molecule has 0 aliphatic heterocycles. The molecule has 0 amide bonds. The molecule has 0 bridgehead atoms. The first-order chi connectivity index (χ1) is 10.4. The SMILES string of the molecule is C[CH]=[Hf]([c]1cccc2c1Cc1ccccc1-2)[CH]1C=CC=C1. The van der Waals surface area contributed by atoms with Crippen LogP contribution in [0.3, 0.4) is 0 Å². The third-order valence-corrected chi connectivity index (χ3v) is 14.7. The van der Waals surface area contributed by atoms with Crippen LogP contribution in [-0.4, -0.2) is 3.76 Å². The fraction of sp³-hybridized carbons (Fsp3) is 0.150. The van der Waals surface area contributed by atoms with E-state index in [-0.39, 0.29) is 0 Å². The van der Waals surface area contributed by atoms with E-state index in [1.807, 2.05) is 0 Å². The summed E-state index contributed by atoms with van der Waals surface area (Å²) < 4.78 is 4.99. The maximum absolute atomic E-state index is 2.56. The number of rotatable bonds is 2. The van der Waals surface area contributed by atoms with E-state index < -0.39 is 21.0 Å². The molecule has 0 spiro atoms. The van der Waals surface area contributed by atoms with E-state index in [2.05, 4.69) is 77.5 Å². The molecule has 0 unspecified atom stereocenters. The van der Waals surface area contributed by atoms with E-state index >= 15 is 0 Å². The van der Waals surface area contributed by atoms with Crippen LogP contribution in [0.4, 0.5) is 0 Å². The zero-order valence-electron chi connectivity index (χ0n) is 12.2. The van der Waals surface area contributed by atoms with Crippen LogP contribution in [0.2, 0.25) is 3.67 Å². The van der Waals surface area contributed by atoms with Gasteiger partial charge in [0.2, 0.25) is 0 Å². The number of benzene rings is 2. The van der Waals surface area contributed by atoms with E-state index in [4.69, 9.17) is 0 Å². The van der Waals surface area contributed by atoms with Gasteiger partial charge in [0.05, 0.1) is 0 Å². The minimum atomic E-state index is -1.94. The fourth-order valence-electron chi connectivity index (χ4n) is 3.59. The van der Waals surface area contributed by atoms with Crippen molar-refractivity contribution in [1.29, 1.82) is 0 Å². The van der Waals surface area contributed by atoms with Crippen LogP contribution in [-0.2, 0) is 27.4 Å². The third-order valence-electron chi connectivity index (χ3n) is 4.58. The summed E-state index contributed by atoms with van der Waals surface area (Å²) >= 11 is -1.94. The van der Waals surface area contributed by atoms with Crippen LogP contribution in [0, 0.1) is 0 Å². The second kappa shape index (κ2) is 5.46. The fourth-order valence-corrected chi connectivity index (χ4v) is 12.8. The second-order valence-electron chi connectivity index (χ2n) is 5.71. The van der Waals surface area contributed by atoms with Crippen molar-refractivity contribution in [2.24, 2.45) is 0 Å². The van der Waals surface area contributed by atoms with Crippen molar-refractivity contribution >= 4 is 7.08 Å². The Balaban J connectivity index is 1.86. The Morgan fingerprint density at radius 3 is 2.52 bits per heavy atom. The number of allylic oxidation sites excluding steroid dienone is 4. The summed E-state index contributed by atoms with van der Waals surface area (Å²) in [6.45, 7) is 2.28. The van der Waals surface area contributed by atoms with Gasteiger partial charge >= 0.3 is 134 Å². The van der Waals surface area contributed by atoms with Crippen LogP contribution in [0.25, 0.3) is 11.1 Å². The molecule has 0 radical (unpaired) electrons. The van der Waals surface area contributed by atoms with Gasteiger partial charge in [0.1, 0.15) is 0 Å². The predicted molar refractivity (Wildman–Crippen MR) is 88.1 cm³/mol. The average Bonchev–Trinajstić information content (AvgIpc) is 3.16. The van der Waals surface area contributed by atoms with Crippen molar-refractivity contribution in [2.75, 3.05) is 0 Å². The van der Waals surface area contributed by atoms with Crippen molar-refractivity contribution in [3.8, 4) is 11.1 Å². The molecular formula is C20H18Hf. The van der Waals surface area contributed by atoms with Crippen molar-refractivity contribution in [1.82, 2.24) is 0 Å². The van der Waals surface area contributed by atoms with Gasteiger partial charge in [-0.25, -0.2) is 0 Å². The van der Waals surface area contributed by atoms with Gasteiger partial charge in [-0.1, -0.05) is 0 Å². The predicted octanol–water partition coefficient (Wildman–Crippen LogP) is 4.24. The second-order valence-corrected chi connectivity index (χ2v) is 15.4. The summed E-state index contributed by atoms with van der Waals surface area (Å²) in [6, 6.07) is 15.9. The van der Waals surface area contributed by atoms with Gasteiger partial charge in [-0.15, -0.1) is 0 Å². The summed E-state index contributed by atoms with van der Waals surface area (Å²) in [7, 11) is 0. The molecule has 0 N–H and O–H groups in total. The first-order valence-corrected chi connectivity index (χ1v) is 13.5. The minimum absolute atomic E-state index is 0.718. The molecule has 21 heavy (non-hydrogen) atoms. The molecule has 0 saturated carbocycles. The van der Waals surface area contributed by atoms with Crippen molar-refractivity contribution < 1.29 is 21.0 Å². The van der Waals surface area contributed by atoms with Gasteiger partial charge in [-0.05, 0) is 0 Å². The van der Waals surface area contributed by atoms with Crippen LogP contribution in [0.5, 0.6) is 0 Å². The van der Waals surface area contributed by atoms with Crippen molar-refractivity contribution in [3.05, 3.63) is 77.9 Å². The average molecular weight is 437 g/mol. The molecule has 0 heterocycles. The quantitative estimate of drug-likeness (QED) is 0.527. The van der Waals surface area contributed by atoms with Gasteiger partial charge in [0, 0.05) is 0 Å². The maximum atomic E-state index is 2.56. The molecule has 0 fully saturated rings. The van der Waals surface area contributed by atoms with Gasteiger partial charge in [-0.3, -0.25) is 0 Å². The first-order valence-electron chi connectivity index (χ1n) is 7.60. The van der Waals surface area contributed by atoms with E-state index in [1.165, 1.54) is 16.7 Å². The number of hydrogen-bond acceptors (Lipinski definition) is 0. The van der Waals surface area contributed by atoms with Crippen LogP contribution < -0.4 is 3.32 Å². The number of hydrogen-bond donors (Lipinski definition) is 0. The Kier molecular flexibility index (Phi) is 3.46. The molecule has 1 heteroatoms. The molecule has 0 atom stereocenters. The van der Waals surface area contributed by atoms with Gasteiger partial charge < -0.3 is 0 Å². The van der Waals surface area contributed by atoms with Crippen LogP contribution in [0.1, 0.15) is 18.1 Å². The van der Waals surface area contributed by atoms with E-state index in [9.17, 15) is 0 Å². The summed E-state index contributed by atoms with van der Waals surface area (Å²) in [4.78, 5) is 0. The molecule has 0 nitrogen and oxygen atoms in total. The summed E-state index contributed by atoms with van der Waals surface area (Å²) in [5.41, 5.74) is 6.05. The molecule has 4 rings (SSSR count). The Bertz CT molecular complexity index is 781. The Labute approximate surface area is 133 Å². The topological polar surface area (TPSA) is 0 Å². The number of fused-ring (bicyclic) bond motifs is 3. The van der Waals surface area contributed by atoms with Gasteiger partial charge in [0.15, 0.2) is 0 Å². The molecule has 2 aromatic carbocycles. The monoisotopic (exact) mass is 438 g/mol. The van der Waals surface area contributed by atoms with Crippen LogP contribution >= 0.6 is 0 Å². The Hall–Kier alpha value is -1.34. The first kappa shape index (κ1) is 13.3. The molecule has 0 aromatic heterocycles. The third kappa shape index (κ3) is 2.19. The molecule has 2 aliphatic rings. The van der Waals surface area contributed by atoms with E-state index in [0.717, 1.165) is 10.1 Å². The zero-order valence-corrected chi connectivity index (χ0v) is 15.8. The molecule has 2 aliphatic carbocycles. The molecular weight excluding hydrogens is 419 g/mol. The van der Waals surface area contributed by atoms with Crippen molar-refractivity contribution in [2.45, 2.75) is 17.0 Å². The van der Waals surface area contributed by atoms with Gasteiger partial charge in [0.25, 0.3) is 0 Å². The van der Waals surface area contributed by atoms with E-state index in [1.54, 1.807) is 8.88 Å². The normalized spacial score (nSPS) is 16.3. The van der Waals surface area contributed by atoms with E-state index in [0.29, 0.717) is 0 Å². The Morgan fingerprint density at radius 1 is 0.952 bits per heavy atom. The Morgan fingerprint density at radius 2 is 1.71 bits per heavy atom. The zero-order chi connectivity index (χ0) is 14.2. The summed E-state index contributed by atoms with van der Waals surface area (Å²) in [6.07, 6.45) is 10.4. The molecule has 102 valence electrons. The molecule has 0 saturated heterocycles. The standard InChI is InChI=1S/C13H9.C5H5.C2H4.Hf/c1-3-7-12-10(5-1)9-11-6-2-4-8-13(11)12;1-2-4-5-3-1;1-2;/h1-5,7-8H,9H2;1-5H;1H,2H3;. The van der Waals surface area contributed by atoms with Crippen LogP contribution in [0.15, 0.2) is 66.8 Å². The summed E-state index contributed by atoms with van der Waals surface area (Å²) in [5.74, 6) is 0. The van der Waals surface area contributed by atoms with Crippen molar-refractivity contribution in [3.63, 3.8) is 0 Å². The molecule has 2 aromatic rings.